The van der Waals surface area contributed by atoms with Crippen LogP contribution in [-0.4, -0.2) is 44.3 Å². The lowest BCUT2D eigenvalue weighted by Crippen LogP contribution is -2.51. The lowest BCUT2D eigenvalue weighted by molar-refractivity contribution is -0.139. The summed E-state index contributed by atoms with van der Waals surface area (Å²) < 4.78 is 29.6. The first-order valence-corrected chi connectivity index (χ1v) is 14.2. The van der Waals surface area contributed by atoms with Crippen LogP contribution in [-0.2, 0) is 26.2 Å². The predicted octanol–water partition coefficient (Wildman–Crippen LogP) is 4.81. The number of aryl methyl sites for hydroxylation is 2. The molecule has 3 rings (SSSR count). The van der Waals surface area contributed by atoms with Crippen molar-refractivity contribution < 1.29 is 18.0 Å². The van der Waals surface area contributed by atoms with Crippen molar-refractivity contribution in [3.8, 4) is 0 Å². The van der Waals surface area contributed by atoms with Gasteiger partial charge in [0.2, 0.25) is 11.8 Å². The van der Waals surface area contributed by atoms with Crippen molar-refractivity contribution in [2.45, 2.75) is 45.2 Å². The number of rotatable bonds is 10. The number of anilines is 1. The standard InChI is InChI=1S/C28H32BrN3O4S/c1-5-30-28(34)22(4)31(18-23-10-8-11-24(29)17-23)27(33)19-32(26-12-7-6-9-21(26)3)37(35,36)25-15-13-20(2)14-16-25/h6-17,22H,5,18-19H2,1-4H3,(H,30,34)/t22-/m0/s1. The SMILES string of the molecule is CCNC(=O)[C@H](C)N(Cc1cccc(Br)c1)C(=O)CN(c1ccccc1C)S(=O)(=O)c1ccc(C)cc1. The van der Waals surface area contributed by atoms with Crippen molar-refractivity contribution in [1.29, 1.82) is 0 Å². The van der Waals surface area contributed by atoms with Crippen molar-refractivity contribution in [2.75, 3.05) is 17.4 Å². The second-order valence-corrected chi connectivity index (χ2v) is 11.6. The molecule has 0 radical (unpaired) electrons. The van der Waals surface area contributed by atoms with Crippen LogP contribution in [0.3, 0.4) is 0 Å². The lowest BCUT2D eigenvalue weighted by atomic mass is 10.1. The van der Waals surface area contributed by atoms with Crippen LogP contribution in [0.1, 0.15) is 30.5 Å². The van der Waals surface area contributed by atoms with Gasteiger partial charge in [0.05, 0.1) is 10.6 Å². The maximum atomic E-state index is 13.8. The zero-order chi connectivity index (χ0) is 27.2. The molecule has 0 spiro atoms. The van der Waals surface area contributed by atoms with Gasteiger partial charge in [0.25, 0.3) is 10.0 Å². The largest absolute Gasteiger partial charge is 0.355 e. The van der Waals surface area contributed by atoms with E-state index in [1.807, 2.05) is 37.3 Å². The Morgan fingerprint density at radius 2 is 1.65 bits per heavy atom. The van der Waals surface area contributed by atoms with Crippen LogP contribution < -0.4 is 9.62 Å². The zero-order valence-electron chi connectivity index (χ0n) is 21.4. The summed E-state index contributed by atoms with van der Waals surface area (Å²) in [5.74, 6) is -0.799. The average Bonchev–Trinajstić information content (AvgIpc) is 2.86. The lowest BCUT2D eigenvalue weighted by Gasteiger charge is -2.32. The molecule has 0 fully saturated rings. The van der Waals surface area contributed by atoms with Gasteiger partial charge in [-0.2, -0.15) is 0 Å². The molecule has 0 aliphatic carbocycles. The van der Waals surface area contributed by atoms with Crippen molar-refractivity contribution >= 4 is 43.5 Å². The van der Waals surface area contributed by atoms with E-state index in [1.165, 1.54) is 17.0 Å². The number of amides is 2. The van der Waals surface area contributed by atoms with Gasteiger partial charge in [-0.3, -0.25) is 13.9 Å². The van der Waals surface area contributed by atoms with Crippen LogP contribution in [0.15, 0.2) is 82.2 Å². The van der Waals surface area contributed by atoms with Crippen LogP contribution in [0.2, 0.25) is 0 Å². The van der Waals surface area contributed by atoms with E-state index >= 15 is 0 Å². The first kappa shape index (κ1) is 28.4. The molecule has 0 unspecified atom stereocenters. The van der Waals surface area contributed by atoms with Crippen molar-refractivity contribution in [1.82, 2.24) is 10.2 Å². The zero-order valence-corrected chi connectivity index (χ0v) is 23.8. The van der Waals surface area contributed by atoms with Gasteiger partial charge in [-0.25, -0.2) is 8.42 Å². The molecule has 0 saturated heterocycles. The smallest absolute Gasteiger partial charge is 0.264 e. The second-order valence-electron chi connectivity index (χ2n) is 8.83. The molecule has 1 N–H and O–H groups in total. The summed E-state index contributed by atoms with van der Waals surface area (Å²) in [5.41, 5.74) is 2.85. The van der Waals surface area contributed by atoms with E-state index in [9.17, 15) is 18.0 Å². The molecular weight excluding hydrogens is 554 g/mol. The van der Waals surface area contributed by atoms with Gasteiger partial charge in [-0.1, -0.05) is 64.0 Å². The minimum Gasteiger partial charge on any atom is -0.355 e. The quantitative estimate of drug-likeness (QED) is 0.370. The van der Waals surface area contributed by atoms with Gasteiger partial charge in [-0.05, 0) is 69.2 Å². The number of likely N-dealkylation sites (N-methyl/N-ethyl adjacent to an activating group) is 1. The summed E-state index contributed by atoms with van der Waals surface area (Å²) in [6, 6.07) is 20.2. The third-order valence-corrected chi connectivity index (χ3v) is 8.30. The van der Waals surface area contributed by atoms with E-state index in [-0.39, 0.29) is 17.3 Å². The number of hydrogen-bond donors (Lipinski definition) is 1. The maximum absolute atomic E-state index is 13.8. The number of hydrogen-bond acceptors (Lipinski definition) is 4. The molecule has 7 nitrogen and oxygen atoms in total. The molecule has 0 heterocycles. The molecule has 1 atom stereocenters. The molecule has 37 heavy (non-hydrogen) atoms. The Morgan fingerprint density at radius 3 is 2.27 bits per heavy atom. The highest BCUT2D eigenvalue weighted by Crippen LogP contribution is 2.27. The van der Waals surface area contributed by atoms with Crippen molar-refractivity contribution in [2.24, 2.45) is 0 Å². The molecule has 0 bridgehead atoms. The van der Waals surface area contributed by atoms with E-state index in [2.05, 4.69) is 21.2 Å². The highest BCUT2D eigenvalue weighted by atomic mass is 79.9. The van der Waals surface area contributed by atoms with Gasteiger partial charge in [0.15, 0.2) is 0 Å². The summed E-state index contributed by atoms with van der Waals surface area (Å²) in [4.78, 5) is 28.1. The van der Waals surface area contributed by atoms with E-state index in [0.29, 0.717) is 17.8 Å². The summed E-state index contributed by atoms with van der Waals surface area (Å²) in [7, 11) is -4.08. The summed E-state index contributed by atoms with van der Waals surface area (Å²) in [5, 5.41) is 2.76. The topological polar surface area (TPSA) is 86.8 Å². The maximum Gasteiger partial charge on any atom is 0.264 e. The van der Waals surface area contributed by atoms with Crippen LogP contribution in [0, 0.1) is 13.8 Å². The third kappa shape index (κ3) is 6.99. The van der Waals surface area contributed by atoms with Crippen LogP contribution in [0.5, 0.6) is 0 Å². The van der Waals surface area contributed by atoms with Gasteiger partial charge in [0, 0.05) is 17.6 Å². The molecular formula is C28H32BrN3O4S. The van der Waals surface area contributed by atoms with E-state index in [0.717, 1.165) is 19.9 Å². The van der Waals surface area contributed by atoms with Gasteiger partial charge >= 0.3 is 0 Å². The molecule has 3 aromatic rings. The monoisotopic (exact) mass is 585 g/mol. The van der Waals surface area contributed by atoms with E-state index in [4.69, 9.17) is 0 Å². The number of carbonyl (C=O) groups is 2. The third-order valence-electron chi connectivity index (χ3n) is 6.03. The first-order valence-electron chi connectivity index (χ1n) is 12.0. The molecule has 2 amide bonds. The van der Waals surface area contributed by atoms with Crippen molar-refractivity contribution in [3.63, 3.8) is 0 Å². The van der Waals surface area contributed by atoms with Gasteiger partial charge in [0.1, 0.15) is 12.6 Å². The second kappa shape index (κ2) is 12.4. The summed E-state index contributed by atoms with van der Waals surface area (Å²) in [6.45, 7) is 7.23. The Morgan fingerprint density at radius 1 is 0.973 bits per heavy atom. The molecule has 9 heteroatoms. The Labute approximate surface area is 227 Å². The number of halogens is 1. The number of carbonyl (C=O) groups excluding carboxylic acids is 2. The number of para-hydroxylation sites is 1. The summed E-state index contributed by atoms with van der Waals surface area (Å²) >= 11 is 3.45. The number of benzene rings is 3. The molecule has 0 aliphatic heterocycles. The average molecular weight is 587 g/mol. The van der Waals surface area contributed by atoms with Crippen LogP contribution in [0.4, 0.5) is 5.69 Å². The fourth-order valence-electron chi connectivity index (χ4n) is 3.93. The minimum absolute atomic E-state index is 0.0875. The van der Waals surface area contributed by atoms with Crippen LogP contribution >= 0.6 is 15.9 Å². The molecule has 0 aliphatic rings. The number of sulfonamides is 1. The van der Waals surface area contributed by atoms with E-state index in [1.54, 1.807) is 51.1 Å². The number of nitrogens with one attached hydrogen (secondary N) is 1. The molecule has 3 aromatic carbocycles. The first-order chi connectivity index (χ1) is 17.5. The fraction of sp³-hybridized carbons (Fsp3) is 0.286. The van der Waals surface area contributed by atoms with E-state index < -0.39 is 28.5 Å². The minimum atomic E-state index is -4.08. The van der Waals surface area contributed by atoms with Crippen molar-refractivity contribution in [3.05, 3.63) is 94.0 Å². The molecule has 0 saturated carbocycles. The molecule has 0 aromatic heterocycles. The molecule has 196 valence electrons. The van der Waals surface area contributed by atoms with Crippen LogP contribution in [0.25, 0.3) is 0 Å². The normalized spacial score (nSPS) is 12.0. The number of nitrogens with zero attached hydrogens (tertiary/aromatic N) is 2. The Hall–Kier alpha value is -3.17. The Kier molecular flexibility index (Phi) is 9.50. The Bertz CT molecular complexity index is 1360. The Balaban J connectivity index is 2.04. The summed E-state index contributed by atoms with van der Waals surface area (Å²) in [6.07, 6.45) is 0. The van der Waals surface area contributed by atoms with Gasteiger partial charge in [-0.15, -0.1) is 0 Å². The predicted molar refractivity (Wildman–Crippen MR) is 150 cm³/mol. The van der Waals surface area contributed by atoms with Gasteiger partial charge < -0.3 is 10.2 Å². The highest BCUT2D eigenvalue weighted by molar-refractivity contribution is 9.10. The fourth-order valence-corrected chi connectivity index (χ4v) is 5.86. The highest BCUT2D eigenvalue weighted by Gasteiger charge is 2.33.